The number of carbonyl (C=O) groups excluding carboxylic acids is 3. The average Bonchev–Trinajstić information content (AvgIpc) is 2.72. The summed E-state index contributed by atoms with van der Waals surface area (Å²) in [7, 11) is 0. The van der Waals surface area contributed by atoms with Crippen molar-refractivity contribution in [3.05, 3.63) is 65.7 Å². The third-order valence-electron chi connectivity index (χ3n) is 4.52. The van der Waals surface area contributed by atoms with Gasteiger partial charge in [0, 0.05) is 18.7 Å². The van der Waals surface area contributed by atoms with Crippen LogP contribution >= 0.6 is 0 Å². The van der Waals surface area contributed by atoms with Gasteiger partial charge in [0.1, 0.15) is 11.8 Å². The monoisotopic (exact) mass is 411 g/mol. The highest BCUT2D eigenvalue weighted by Gasteiger charge is 2.23. The van der Waals surface area contributed by atoms with Crippen LogP contribution in [0.1, 0.15) is 36.2 Å². The van der Waals surface area contributed by atoms with E-state index in [1.807, 2.05) is 44.2 Å². The number of benzene rings is 2. The van der Waals surface area contributed by atoms with Crippen molar-refractivity contribution in [3.8, 4) is 5.75 Å². The van der Waals surface area contributed by atoms with Crippen LogP contribution < -0.4 is 16.0 Å². The van der Waals surface area contributed by atoms with Crippen molar-refractivity contribution in [3.63, 3.8) is 0 Å². The third kappa shape index (κ3) is 7.58. The zero-order chi connectivity index (χ0) is 21.9. The average molecular weight is 412 g/mol. The van der Waals surface area contributed by atoms with Crippen LogP contribution in [0.2, 0.25) is 0 Å². The fourth-order valence-electron chi connectivity index (χ4n) is 2.90. The van der Waals surface area contributed by atoms with Crippen LogP contribution in [-0.2, 0) is 16.0 Å². The molecule has 3 amide bonds. The SMILES string of the molecule is CC(C)C(NC(=O)Cc1ccccc1)C(=O)NCCCNC(=O)c1cccc(O)c1. The molecule has 0 heterocycles. The smallest absolute Gasteiger partial charge is 0.251 e. The Hall–Kier alpha value is -3.35. The van der Waals surface area contributed by atoms with Gasteiger partial charge >= 0.3 is 0 Å². The van der Waals surface area contributed by atoms with Gasteiger partial charge in [-0.05, 0) is 36.1 Å². The lowest BCUT2D eigenvalue weighted by Crippen LogP contribution is -2.50. The van der Waals surface area contributed by atoms with Crippen molar-refractivity contribution in [2.75, 3.05) is 13.1 Å². The largest absolute Gasteiger partial charge is 0.508 e. The van der Waals surface area contributed by atoms with E-state index in [0.717, 1.165) is 5.56 Å². The second-order valence-corrected chi connectivity index (χ2v) is 7.40. The fraction of sp³-hybridized carbons (Fsp3) is 0.348. The van der Waals surface area contributed by atoms with Gasteiger partial charge < -0.3 is 21.1 Å². The minimum absolute atomic E-state index is 0.0314. The summed E-state index contributed by atoms with van der Waals surface area (Å²) in [4.78, 5) is 36.8. The second kappa shape index (κ2) is 11.6. The van der Waals surface area contributed by atoms with Crippen molar-refractivity contribution in [2.24, 2.45) is 5.92 Å². The molecule has 0 bridgehead atoms. The molecule has 0 aliphatic rings. The van der Waals surface area contributed by atoms with Crippen molar-refractivity contribution in [1.82, 2.24) is 16.0 Å². The number of amides is 3. The van der Waals surface area contributed by atoms with Crippen molar-refractivity contribution in [1.29, 1.82) is 0 Å². The first-order valence-electron chi connectivity index (χ1n) is 10.0. The topological polar surface area (TPSA) is 108 Å². The van der Waals surface area contributed by atoms with E-state index in [9.17, 15) is 19.5 Å². The number of hydrogen-bond donors (Lipinski definition) is 4. The molecule has 160 valence electrons. The van der Waals surface area contributed by atoms with Gasteiger partial charge in [-0.1, -0.05) is 50.2 Å². The molecule has 2 rings (SSSR count). The summed E-state index contributed by atoms with van der Waals surface area (Å²) >= 11 is 0. The minimum Gasteiger partial charge on any atom is -0.508 e. The highest BCUT2D eigenvalue weighted by Crippen LogP contribution is 2.10. The van der Waals surface area contributed by atoms with Gasteiger partial charge in [-0.25, -0.2) is 0 Å². The molecular weight excluding hydrogens is 382 g/mol. The maximum absolute atomic E-state index is 12.5. The molecule has 0 aliphatic carbocycles. The molecule has 1 unspecified atom stereocenters. The molecule has 4 N–H and O–H groups in total. The summed E-state index contributed by atoms with van der Waals surface area (Å²) in [6.45, 7) is 4.50. The molecular formula is C23H29N3O4. The van der Waals surface area contributed by atoms with E-state index in [1.54, 1.807) is 12.1 Å². The van der Waals surface area contributed by atoms with E-state index in [2.05, 4.69) is 16.0 Å². The number of carbonyl (C=O) groups is 3. The Balaban J connectivity index is 1.73. The highest BCUT2D eigenvalue weighted by atomic mass is 16.3. The van der Waals surface area contributed by atoms with Crippen LogP contribution in [0.15, 0.2) is 54.6 Å². The van der Waals surface area contributed by atoms with Crippen molar-refractivity contribution >= 4 is 17.7 Å². The van der Waals surface area contributed by atoms with Crippen molar-refractivity contribution < 1.29 is 19.5 Å². The number of aromatic hydroxyl groups is 1. The van der Waals surface area contributed by atoms with Gasteiger partial charge in [0.15, 0.2) is 0 Å². The number of hydrogen-bond acceptors (Lipinski definition) is 4. The Bertz CT molecular complexity index is 853. The van der Waals surface area contributed by atoms with Crippen LogP contribution in [0.3, 0.4) is 0 Å². The summed E-state index contributed by atoms with van der Waals surface area (Å²) in [6.07, 6.45) is 0.761. The first kappa shape index (κ1) is 22.9. The predicted molar refractivity (Wildman–Crippen MR) is 115 cm³/mol. The van der Waals surface area contributed by atoms with Gasteiger partial charge in [-0.3, -0.25) is 14.4 Å². The summed E-state index contributed by atoms with van der Waals surface area (Å²) < 4.78 is 0. The van der Waals surface area contributed by atoms with E-state index in [4.69, 9.17) is 0 Å². The van der Waals surface area contributed by atoms with Crippen LogP contribution in [0.25, 0.3) is 0 Å². The van der Waals surface area contributed by atoms with Gasteiger partial charge in [0.25, 0.3) is 5.91 Å². The highest BCUT2D eigenvalue weighted by molar-refractivity contribution is 5.94. The predicted octanol–water partition coefficient (Wildman–Crippen LogP) is 2.01. The number of phenols is 1. The van der Waals surface area contributed by atoms with E-state index in [-0.39, 0.29) is 35.8 Å². The van der Waals surface area contributed by atoms with E-state index >= 15 is 0 Å². The van der Waals surface area contributed by atoms with Crippen LogP contribution in [0, 0.1) is 5.92 Å². The summed E-state index contributed by atoms with van der Waals surface area (Å²) in [6, 6.07) is 14.8. The summed E-state index contributed by atoms with van der Waals surface area (Å²) in [5.41, 5.74) is 1.26. The Morgan fingerprint density at radius 2 is 1.63 bits per heavy atom. The van der Waals surface area contributed by atoms with Gasteiger partial charge in [-0.2, -0.15) is 0 Å². The zero-order valence-corrected chi connectivity index (χ0v) is 17.4. The molecule has 30 heavy (non-hydrogen) atoms. The molecule has 0 saturated carbocycles. The Morgan fingerprint density at radius 3 is 2.30 bits per heavy atom. The number of rotatable bonds is 10. The van der Waals surface area contributed by atoms with Gasteiger partial charge in [0.05, 0.1) is 6.42 Å². The normalized spacial score (nSPS) is 11.6. The Labute approximate surface area is 176 Å². The zero-order valence-electron chi connectivity index (χ0n) is 17.4. The molecule has 2 aromatic carbocycles. The number of nitrogens with one attached hydrogen (secondary N) is 3. The standard InChI is InChI=1S/C23H29N3O4/c1-16(2)21(26-20(28)14-17-8-4-3-5-9-17)23(30)25-13-7-12-24-22(29)18-10-6-11-19(27)15-18/h3-6,8-11,15-16,21,27H,7,12-14H2,1-2H3,(H,24,29)(H,25,30)(H,26,28). The van der Waals surface area contributed by atoms with E-state index in [0.29, 0.717) is 25.1 Å². The molecule has 0 aliphatic heterocycles. The second-order valence-electron chi connectivity index (χ2n) is 7.40. The molecule has 7 heteroatoms. The maximum atomic E-state index is 12.5. The third-order valence-corrected chi connectivity index (χ3v) is 4.52. The minimum atomic E-state index is -0.622. The molecule has 2 aromatic rings. The molecule has 0 spiro atoms. The maximum Gasteiger partial charge on any atom is 0.251 e. The van der Waals surface area contributed by atoms with Crippen LogP contribution in [0.5, 0.6) is 5.75 Å². The first-order valence-corrected chi connectivity index (χ1v) is 10.0. The van der Waals surface area contributed by atoms with Gasteiger partial charge in [0.2, 0.25) is 11.8 Å². The van der Waals surface area contributed by atoms with Gasteiger partial charge in [-0.15, -0.1) is 0 Å². The lowest BCUT2D eigenvalue weighted by Gasteiger charge is -2.22. The van der Waals surface area contributed by atoms with E-state index < -0.39 is 6.04 Å². The first-order chi connectivity index (χ1) is 14.4. The molecule has 0 fully saturated rings. The molecule has 0 radical (unpaired) electrons. The summed E-state index contributed by atoms with van der Waals surface area (Å²) in [5.74, 6) is -0.760. The molecule has 7 nitrogen and oxygen atoms in total. The van der Waals surface area contributed by atoms with Crippen LogP contribution in [-0.4, -0.2) is 42.0 Å². The lowest BCUT2D eigenvalue weighted by atomic mass is 10.0. The molecule has 0 saturated heterocycles. The molecule has 0 aromatic heterocycles. The number of phenolic OH excluding ortho intramolecular Hbond substituents is 1. The molecule has 1 atom stereocenters. The summed E-state index contributed by atoms with van der Waals surface area (Å²) in [5, 5.41) is 17.8. The Morgan fingerprint density at radius 1 is 0.933 bits per heavy atom. The van der Waals surface area contributed by atoms with E-state index in [1.165, 1.54) is 12.1 Å². The van der Waals surface area contributed by atoms with Crippen LogP contribution in [0.4, 0.5) is 0 Å². The quantitative estimate of drug-likeness (QED) is 0.449. The lowest BCUT2D eigenvalue weighted by molar-refractivity contribution is -0.129. The van der Waals surface area contributed by atoms with Crippen molar-refractivity contribution in [2.45, 2.75) is 32.7 Å². The fourth-order valence-corrected chi connectivity index (χ4v) is 2.90. The Kier molecular flexibility index (Phi) is 8.87.